The van der Waals surface area contributed by atoms with Gasteiger partial charge in [0.05, 0.1) is 17.3 Å². The number of para-hydroxylation sites is 1. The van der Waals surface area contributed by atoms with Gasteiger partial charge in [0.2, 0.25) is 0 Å². The number of rotatable bonds is 4. The third-order valence-electron chi connectivity index (χ3n) is 4.59. The molecular formula is C19H16N4O3. The first-order valence-electron chi connectivity index (χ1n) is 8.07. The van der Waals surface area contributed by atoms with Crippen molar-refractivity contribution in [3.8, 4) is 5.75 Å². The van der Waals surface area contributed by atoms with E-state index < -0.39 is 4.92 Å². The van der Waals surface area contributed by atoms with E-state index in [1.165, 1.54) is 12.1 Å². The Balaban J connectivity index is 1.96. The van der Waals surface area contributed by atoms with Gasteiger partial charge in [0.15, 0.2) is 5.75 Å². The molecule has 2 N–H and O–H groups in total. The fourth-order valence-electron chi connectivity index (χ4n) is 3.35. The van der Waals surface area contributed by atoms with E-state index in [2.05, 4.69) is 9.97 Å². The minimum atomic E-state index is -0.580. The van der Waals surface area contributed by atoms with E-state index in [1.54, 1.807) is 18.6 Å². The first-order chi connectivity index (χ1) is 12.6. The molecule has 0 radical (unpaired) electrons. The highest BCUT2D eigenvalue weighted by Gasteiger charge is 2.23. The van der Waals surface area contributed by atoms with Crippen molar-refractivity contribution < 1.29 is 10.0 Å². The number of H-pyrrole nitrogens is 1. The number of nitrogens with one attached hydrogen (secondary N) is 1. The van der Waals surface area contributed by atoms with Crippen molar-refractivity contribution in [3.05, 3.63) is 88.1 Å². The molecule has 0 aliphatic rings. The summed E-state index contributed by atoms with van der Waals surface area (Å²) in [5.74, 6) is -0.349. The number of phenols is 1. The van der Waals surface area contributed by atoms with Gasteiger partial charge in [0.1, 0.15) is 0 Å². The molecule has 7 nitrogen and oxygen atoms in total. The summed E-state index contributed by atoms with van der Waals surface area (Å²) in [5, 5.41) is 22.1. The number of aromatic nitrogens is 3. The van der Waals surface area contributed by atoms with Crippen LogP contribution in [0.25, 0.3) is 10.9 Å². The summed E-state index contributed by atoms with van der Waals surface area (Å²) in [7, 11) is 0. The van der Waals surface area contributed by atoms with Gasteiger partial charge >= 0.3 is 5.69 Å². The number of hydrogen-bond acceptors (Lipinski definition) is 4. The number of imidazole rings is 1. The van der Waals surface area contributed by atoms with Crippen LogP contribution >= 0.6 is 0 Å². The zero-order valence-corrected chi connectivity index (χ0v) is 14.0. The van der Waals surface area contributed by atoms with E-state index >= 15 is 0 Å². The zero-order valence-electron chi connectivity index (χ0n) is 14.0. The minimum Gasteiger partial charge on any atom is -0.502 e. The van der Waals surface area contributed by atoms with Crippen LogP contribution in [0.3, 0.4) is 0 Å². The van der Waals surface area contributed by atoms with E-state index in [4.69, 9.17) is 0 Å². The summed E-state index contributed by atoms with van der Waals surface area (Å²) in [5.41, 5.74) is 3.50. The number of nitro benzene ring substituents is 1. The molecule has 0 saturated carbocycles. The van der Waals surface area contributed by atoms with Gasteiger partial charge in [0, 0.05) is 41.1 Å². The second-order valence-electron chi connectivity index (χ2n) is 6.16. The molecule has 0 spiro atoms. The smallest absolute Gasteiger partial charge is 0.311 e. The third-order valence-corrected chi connectivity index (χ3v) is 4.59. The molecule has 0 bridgehead atoms. The molecule has 0 fully saturated rings. The first-order valence-corrected chi connectivity index (χ1v) is 8.07. The fraction of sp³-hybridized carbons (Fsp3) is 0.105. The molecule has 4 rings (SSSR count). The summed E-state index contributed by atoms with van der Waals surface area (Å²) in [4.78, 5) is 18.1. The number of aryl methyl sites for hydroxylation is 1. The van der Waals surface area contributed by atoms with Crippen LogP contribution in [-0.4, -0.2) is 24.6 Å². The monoisotopic (exact) mass is 348 g/mol. The lowest BCUT2D eigenvalue weighted by atomic mass is 9.96. The molecule has 2 heterocycles. The average molecular weight is 348 g/mol. The van der Waals surface area contributed by atoms with Crippen molar-refractivity contribution in [2.75, 3.05) is 0 Å². The van der Waals surface area contributed by atoms with Crippen LogP contribution in [0, 0.1) is 17.0 Å². The van der Waals surface area contributed by atoms with Crippen molar-refractivity contribution in [1.29, 1.82) is 0 Å². The number of hydrogen-bond donors (Lipinski definition) is 2. The van der Waals surface area contributed by atoms with E-state index in [9.17, 15) is 15.2 Å². The van der Waals surface area contributed by atoms with E-state index in [0.717, 1.165) is 22.0 Å². The van der Waals surface area contributed by atoms with Crippen molar-refractivity contribution in [2.45, 2.75) is 13.0 Å². The summed E-state index contributed by atoms with van der Waals surface area (Å²) in [6.07, 6.45) is 7.08. The predicted octanol–water partition coefficient (Wildman–Crippen LogP) is 3.92. The average Bonchev–Trinajstić information content (AvgIpc) is 3.28. The van der Waals surface area contributed by atoms with Gasteiger partial charge in [-0.3, -0.25) is 10.1 Å². The lowest BCUT2D eigenvalue weighted by Crippen LogP contribution is -2.10. The number of nitro groups is 1. The van der Waals surface area contributed by atoms with Crippen LogP contribution in [0.15, 0.2) is 61.3 Å². The van der Waals surface area contributed by atoms with Crippen molar-refractivity contribution in [3.63, 3.8) is 0 Å². The molecule has 0 amide bonds. The van der Waals surface area contributed by atoms with Gasteiger partial charge < -0.3 is 14.7 Å². The Labute approximate surface area is 148 Å². The number of phenolic OH excluding ortho intramolecular Hbond substituents is 1. The standard InChI is InChI=1S/C19H16N4O3/c1-12-3-2-4-14-15(10-21-18(12)14)19(22-8-7-20-11-22)13-5-6-17(24)16(9-13)23(25)26/h2-11,19,21,24H,1H3. The van der Waals surface area contributed by atoms with Crippen LogP contribution in [0.1, 0.15) is 22.7 Å². The second kappa shape index (κ2) is 6.03. The quantitative estimate of drug-likeness (QED) is 0.431. The summed E-state index contributed by atoms with van der Waals surface area (Å²) >= 11 is 0. The minimum absolute atomic E-state index is 0.313. The van der Waals surface area contributed by atoms with E-state index in [1.807, 2.05) is 42.1 Å². The van der Waals surface area contributed by atoms with Gasteiger partial charge in [-0.15, -0.1) is 0 Å². The van der Waals surface area contributed by atoms with E-state index in [0.29, 0.717) is 5.56 Å². The second-order valence-corrected chi connectivity index (χ2v) is 6.16. The number of aromatic amines is 1. The summed E-state index contributed by atoms with van der Waals surface area (Å²) in [6.45, 7) is 2.03. The van der Waals surface area contributed by atoms with Crippen LogP contribution in [0.2, 0.25) is 0 Å². The Hall–Kier alpha value is -3.61. The summed E-state index contributed by atoms with van der Waals surface area (Å²) < 4.78 is 1.89. The molecule has 0 saturated heterocycles. The number of nitrogens with zero attached hydrogens (tertiary/aromatic N) is 3. The highest BCUT2D eigenvalue weighted by Crippen LogP contribution is 2.36. The molecule has 4 aromatic rings. The molecule has 2 aromatic heterocycles. The maximum atomic E-state index is 11.2. The molecule has 0 aliphatic heterocycles. The van der Waals surface area contributed by atoms with Crippen LogP contribution < -0.4 is 0 Å². The SMILES string of the molecule is Cc1cccc2c(C(c3ccc(O)c([N+](=O)[O-])c3)n3ccnc3)c[nH]c12. The molecular weight excluding hydrogens is 332 g/mol. The Kier molecular flexibility index (Phi) is 3.69. The normalized spacial score (nSPS) is 12.3. The zero-order chi connectivity index (χ0) is 18.3. The van der Waals surface area contributed by atoms with Crippen molar-refractivity contribution in [1.82, 2.24) is 14.5 Å². The van der Waals surface area contributed by atoms with Crippen LogP contribution in [0.4, 0.5) is 5.69 Å². The van der Waals surface area contributed by atoms with Crippen molar-refractivity contribution >= 4 is 16.6 Å². The molecule has 7 heteroatoms. The molecule has 1 atom stereocenters. The van der Waals surface area contributed by atoms with Gasteiger partial charge in [-0.25, -0.2) is 4.98 Å². The largest absolute Gasteiger partial charge is 0.502 e. The molecule has 2 aromatic carbocycles. The highest BCUT2D eigenvalue weighted by atomic mass is 16.6. The maximum absolute atomic E-state index is 11.2. The summed E-state index contributed by atoms with van der Waals surface area (Å²) in [6, 6.07) is 10.2. The van der Waals surface area contributed by atoms with Gasteiger partial charge in [-0.2, -0.15) is 0 Å². The van der Waals surface area contributed by atoms with Gasteiger partial charge in [-0.1, -0.05) is 24.3 Å². The maximum Gasteiger partial charge on any atom is 0.311 e. The Bertz CT molecular complexity index is 1100. The lowest BCUT2D eigenvalue weighted by molar-refractivity contribution is -0.385. The Morgan fingerprint density at radius 2 is 2.15 bits per heavy atom. The molecule has 1 unspecified atom stereocenters. The lowest BCUT2D eigenvalue weighted by Gasteiger charge is -2.19. The van der Waals surface area contributed by atoms with Crippen LogP contribution in [0.5, 0.6) is 5.75 Å². The van der Waals surface area contributed by atoms with Crippen molar-refractivity contribution in [2.24, 2.45) is 0 Å². The number of benzene rings is 2. The van der Waals surface area contributed by atoms with E-state index in [-0.39, 0.29) is 17.5 Å². The van der Waals surface area contributed by atoms with Crippen LogP contribution in [-0.2, 0) is 0 Å². The van der Waals surface area contributed by atoms with Gasteiger partial charge in [0.25, 0.3) is 0 Å². The fourth-order valence-corrected chi connectivity index (χ4v) is 3.35. The highest BCUT2D eigenvalue weighted by molar-refractivity contribution is 5.86. The van der Waals surface area contributed by atoms with Gasteiger partial charge in [-0.05, 0) is 24.1 Å². The number of fused-ring (bicyclic) bond motifs is 1. The Morgan fingerprint density at radius 1 is 1.31 bits per heavy atom. The molecule has 0 aliphatic carbocycles. The third kappa shape index (κ3) is 2.50. The number of aromatic hydroxyl groups is 1. The topological polar surface area (TPSA) is 97.0 Å². The predicted molar refractivity (Wildman–Crippen MR) is 97.3 cm³/mol. The molecule has 26 heavy (non-hydrogen) atoms. The molecule has 130 valence electrons. The Morgan fingerprint density at radius 3 is 2.88 bits per heavy atom. The first kappa shape index (κ1) is 15.9.